The molecule has 4 nitrogen and oxygen atoms in total. The molecule has 0 radical (unpaired) electrons. The highest BCUT2D eigenvalue weighted by Gasteiger charge is 2.16. The van der Waals surface area contributed by atoms with Crippen molar-refractivity contribution < 1.29 is 4.79 Å². The number of rotatable bonds is 6. The predicted octanol–water partition coefficient (Wildman–Crippen LogP) is 4.71. The van der Waals surface area contributed by atoms with Crippen LogP contribution in [0.15, 0.2) is 72.9 Å². The number of carbonyl (C=O) groups excluding carboxylic acids is 1. The van der Waals surface area contributed by atoms with Crippen molar-refractivity contribution in [2.45, 2.75) is 6.04 Å². The number of anilines is 1. The van der Waals surface area contributed by atoms with E-state index in [2.05, 4.69) is 15.6 Å². The molecule has 3 aromatic rings. The fourth-order valence-corrected chi connectivity index (χ4v) is 2.92. The van der Waals surface area contributed by atoms with Crippen LogP contribution in [0.2, 0.25) is 10.0 Å². The van der Waals surface area contributed by atoms with Crippen LogP contribution in [0.1, 0.15) is 17.3 Å². The van der Waals surface area contributed by atoms with Crippen molar-refractivity contribution in [2.75, 3.05) is 11.9 Å². The van der Waals surface area contributed by atoms with E-state index in [-0.39, 0.29) is 18.5 Å². The zero-order valence-corrected chi connectivity index (χ0v) is 15.3. The largest absolute Gasteiger partial charge is 0.324 e. The fourth-order valence-electron chi connectivity index (χ4n) is 2.57. The second-order valence-corrected chi connectivity index (χ2v) is 6.41. The van der Waals surface area contributed by atoms with E-state index in [0.717, 1.165) is 11.3 Å². The van der Waals surface area contributed by atoms with Gasteiger partial charge in [-0.05, 0) is 29.8 Å². The van der Waals surface area contributed by atoms with Crippen LogP contribution in [0.4, 0.5) is 5.69 Å². The zero-order valence-electron chi connectivity index (χ0n) is 13.8. The Morgan fingerprint density at radius 3 is 2.46 bits per heavy atom. The molecule has 132 valence electrons. The number of nitrogens with zero attached hydrogens (tertiary/aromatic N) is 1. The van der Waals surface area contributed by atoms with Gasteiger partial charge in [-0.3, -0.25) is 15.1 Å². The number of pyridine rings is 1. The number of aromatic nitrogens is 1. The van der Waals surface area contributed by atoms with Gasteiger partial charge < -0.3 is 5.32 Å². The Bertz CT molecular complexity index is 833. The van der Waals surface area contributed by atoms with E-state index in [1.807, 2.05) is 48.5 Å². The average molecular weight is 386 g/mol. The van der Waals surface area contributed by atoms with E-state index in [0.29, 0.717) is 15.7 Å². The third kappa shape index (κ3) is 4.61. The highest BCUT2D eigenvalue weighted by atomic mass is 35.5. The van der Waals surface area contributed by atoms with Gasteiger partial charge in [-0.1, -0.05) is 65.7 Å². The smallest absolute Gasteiger partial charge is 0.238 e. The number of halogens is 2. The molecule has 1 aromatic heterocycles. The summed E-state index contributed by atoms with van der Waals surface area (Å²) in [6.07, 6.45) is 1.73. The van der Waals surface area contributed by atoms with Crippen molar-refractivity contribution >= 4 is 34.8 Å². The lowest BCUT2D eigenvalue weighted by atomic mass is 10.0. The minimum Gasteiger partial charge on any atom is -0.324 e. The minimum absolute atomic E-state index is 0.0962. The zero-order chi connectivity index (χ0) is 18.4. The molecule has 0 fully saturated rings. The van der Waals surface area contributed by atoms with E-state index >= 15 is 0 Å². The Kier molecular flexibility index (Phi) is 6.23. The Hall–Kier alpha value is -2.40. The first-order valence-electron chi connectivity index (χ1n) is 8.08. The Morgan fingerprint density at radius 2 is 1.73 bits per heavy atom. The normalized spacial score (nSPS) is 11.8. The van der Waals surface area contributed by atoms with Gasteiger partial charge in [0.05, 0.1) is 34.0 Å². The molecular formula is C20H17Cl2N3O. The summed E-state index contributed by atoms with van der Waals surface area (Å²) in [5.41, 5.74) is 2.35. The summed E-state index contributed by atoms with van der Waals surface area (Å²) in [6.45, 7) is 0.0962. The summed E-state index contributed by atoms with van der Waals surface area (Å²) < 4.78 is 0. The van der Waals surface area contributed by atoms with E-state index in [1.165, 1.54) is 0 Å². The van der Waals surface area contributed by atoms with Gasteiger partial charge in [0.15, 0.2) is 0 Å². The molecule has 6 heteroatoms. The highest BCUT2D eigenvalue weighted by molar-refractivity contribution is 6.44. The number of nitrogens with one attached hydrogen (secondary N) is 2. The number of benzene rings is 2. The third-order valence-electron chi connectivity index (χ3n) is 3.81. The molecule has 0 bridgehead atoms. The molecule has 2 aromatic carbocycles. The van der Waals surface area contributed by atoms with Crippen LogP contribution in [0.25, 0.3) is 0 Å². The molecule has 1 atom stereocenters. The minimum atomic E-state index is -0.217. The molecule has 1 unspecified atom stereocenters. The quantitative estimate of drug-likeness (QED) is 0.645. The summed E-state index contributed by atoms with van der Waals surface area (Å²) in [7, 11) is 0. The van der Waals surface area contributed by atoms with Gasteiger partial charge in [0, 0.05) is 6.20 Å². The van der Waals surface area contributed by atoms with E-state index in [4.69, 9.17) is 23.2 Å². The molecular weight excluding hydrogens is 369 g/mol. The van der Waals surface area contributed by atoms with Crippen LogP contribution in [0, 0.1) is 0 Å². The third-order valence-corrected chi connectivity index (χ3v) is 4.63. The van der Waals surface area contributed by atoms with Crippen molar-refractivity contribution in [3.63, 3.8) is 0 Å². The average Bonchev–Trinajstić information content (AvgIpc) is 2.67. The lowest BCUT2D eigenvalue weighted by Crippen LogP contribution is -2.32. The molecule has 2 N–H and O–H groups in total. The van der Waals surface area contributed by atoms with Crippen molar-refractivity contribution in [3.8, 4) is 0 Å². The van der Waals surface area contributed by atoms with Gasteiger partial charge in [0.2, 0.25) is 5.91 Å². The number of carbonyl (C=O) groups is 1. The first-order chi connectivity index (χ1) is 12.6. The molecule has 3 rings (SSSR count). The first-order valence-corrected chi connectivity index (χ1v) is 8.84. The van der Waals surface area contributed by atoms with Crippen LogP contribution in [-0.2, 0) is 4.79 Å². The summed E-state index contributed by atoms with van der Waals surface area (Å²) in [6, 6.07) is 20.5. The Labute approximate surface area is 162 Å². The molecule has 26 heavy (non-hydrogen) atoms. The molecule has 0 saturated carbocycles. The molecule has 1 amide bonds. The van der Waals surface area contributed by atoms with Gasteiger partial charge in [0.25, 0.3) is 0 Å². The lowest BCUT2D eigenvalue weighted by Gasteiger charge is -2.19. The summed E-state index contributed by atoms with van der Waals surface area (Å²) in [5.74, 6) is -0.217. The molecule has 0 saturated heterocycles. The Balaban J connectivity index is 1.72. The number of amides is 1. The van der Waals surface area contributed by atoms with Crippen LogP contribution in [-0.4, -0.2) is 17.4 Å². The molecule has 0 aliphatic rings. The van der Waals surface area contributed by atoms with E-state index < -0.39 is 0 Å². The second kappa shape index (κ2) is 8.81. The van der Waals surface area contributed by atoms with Crippen molar-refractivity contribution in [1.29, 1.82) is 0 Å². The van der Waals surface area contributed by atoms with Crippen molar-refractivity contribution in [2.24, 2.45) is 0 Å². The van der Waals surface area contributed by atoms with Crippen LogP contribution in [0.3, 0.4) is 0 Å². The van der Waals surface area contributed by atoms with Gasteiger partial charge in [-0.25, -0.2) is 0 Å². The Morgan fingerprint density at radius 1 is 0.962 bits per heavy atom. The van der Waals surface area contributed by atoms with Gasteiger partial charge in [-0.2, -0.15) is 0 Å². The second-order valence-electron chi connectivity index (χ2n) is 5.63. The maximum absolute atomic E-state index is 12.3. The van der Waals surface area contributed by atoms with Crippen LogP contribution in [0.5, 0.6) is 0 Å². The van der Waals surface area contributed by atoms with Gasteiger partial charge in [-0.15, -0.1) is 0 Å². The molecule has 1 heterocycles. The molecule has 0 spiro atoms. The van der Waals surface area contributed by atoms with Crippen LogP contribution >= 0.6 is 23.2 Å². The lowest BCUT2D eigenvalue weighted by molar-refractivity contribution is -0.115. The fraction of sp³-hybridized carbons (Fsp3) is 0.100. The predicted molar refractivity (Wildman–Crippen MR) is 106 cm³/mol. The maximum atomic E-state index is 12.3. The van der Waals surface area contributed by atoms with Crippen molar-refractivity contribution in [1.82, 2.24) is 10.3 Å². The summed E-state index contributed by atoms with van der Waals surface area (Å²) in [4.78, 5) is 16.8. The van der Waals surface area contributed by atoms with E-state index in [9.17, 15) is 4.79 Å². The van der Waals surface area contributed by atoms with Crippen LogP contribution < -0.4 is 10.6 Å². The SMILES string of the molecule is O=C(CNC(c1ccccc1)c1ccccn1)Nc1cccc(Cl)c1Cl. The highest BCUT2D eigenvalue weighted by Crippen LogP contribution is 2.29. The van der Waals surface area contributed by atoms with Gasteiger partial charge >= 0.3 is 0 Å². The molecule has 0 aliphatic heterocycles. The topological polar surface area (TPSA) is 54.0 Å². The summed E-state index contributed by atoms with van der Waals surface area (Å²) in [5, 5.41) is 6.75. The monoisotopic (exact) mass is 385 g/mol. The molecule has 0 aliphatic carbocycles. The van der Waals surface area contributed by atoms with E-state index in [1.54, 1.807) is 24.4 Å². The standard InChI is InChI=1S/C20H17Cl2N3O/c21-15-9-6-11-16(19(15)22)25-18(26)13-24-20(14-7-2-1-3-8-14)17-10-4-5-12-23-17/h1-12,20,24H,13H2,(H,25,26). The number of hydrogen-bond acceptors (Lipinski definition) is 3. The van der Waals surface area contributed by atoms with Crippen molar-refractivity contribution in [3.05, 3.63) is 94.2 Å². The summed E-state index contributed by atoms with van der Waals surface area (Å²) >= 11 is 12.1. The maximum Gasteiger partial charge on any atom is 0.238 e. The first kappa shape index (κ1) is 18.4. The number of hydrogen-bond donors (Lipinski definition) is 2. The van der Waals surface area contributed by atoms with Gasteiger partial charge in [0.1, 0.15) is 0 Å².